The van der Waals surface area contributed by atoms with E-state index >= 15 is 0 Å². The largest absolute Gasteiger partial charge is 0.277 e. The molecule has 108 valence electrons. The maximum Gasteiger partial charge on any atom is 0.164 e. The first-order chi connectivity index (χ1) is 8.93. The topological polar surface area (TPSA) is 50.3 Å². The van der Waals surface area contributed by atoms with E-state index in [-0.39, 0.29) is 6.04 Å². The third kappa shape index (κ3) is 3.64. The van der Waals surface area contributed by atoms with Crippen molar-refractivity contribution in [3.05, 3.63) is 16.1 Å². The van der Waals surface area contributed by atoms with E-state index in [0.717, 1.165) is 23.0 Å². The van der Waals surface area contributed by atoms with Crippen molar-refractivity contribution in [2.75, 3.05) is 24.3 Å². The lowest BCUT2D eigenvalue weighted by molar-refractivity contribution is 0.206. The summed E-state index contributed by atoms with van der Waals surface area (Å²) in [5.41, 5.74) is 0.857. The summed E-state index contributed by atoms with van der Waals surface area (Å²) in [5, 5.41) is 2.47. The number of alkyl halides is 1. The number of halogens is 1. The van der Waals surface area contributed by atoms with Crippen LogP contribution in [-0.2, 0) is 15.7 Å². The van der Waals surface area contributed by atoms with Gasteiger partial charge in [-0.25, -0.2) is 13.4 Å². The number of hydrogen-bond acceptors (Lipinski definition) is 6. The molecule has 2 unspecified atom stereocenters. The molecular formula is C11H17ClN2O2S3. The lowest BCUT2D eigenvalue weighted by Gasteiger charge is -2.37. The molecule has 1 aliphatic heterocycles. The second-order valence-corrected chi connectivity index (χ2v) is 9.09. The summed E-state index contributed by atoms with van der Waals surface area (Å²) < 4.78 is 23.8. The molecule has 1 aromatic rings. The molecule has 2 atom stereocenters. The Labute approximate surface area is 127 Å². The van der Waals surface area contributed by atoms with Gasteiger partial charge in [0.1, 0.15) is 10.4 Å². The van der Waals surface area contributed by atoms with E-state index in [1.807, 2.05) is 17.2 Å². The molecule has 0 radical (unpaired) electrons. The van der Waals surface area contributed by atoms with E-state index in [1.54, 1.807) is 23.1 Å². The second-order valence-electron chi connectivity index (χ2n) is 4.58. The van der Waals surface area contributed by atoms with Crippen molar-refractivity contribution >= 4 is 44.5 Å². The van der Waals surface area contributed by atoms with Gasteiger partial charge >= 0.3 is 0 Å². The summed E-state index contributed by atoms with van der Waals surface area (Å²) in [7, 11) is -3.07. The van der Waals surface area contributed by atoms with Gasteiger partial charge in [-0.3, -0.25) is 4.90 Å². The van der Waals surface area contributed by atoms with E-state index in [2.05, 4.69) is 4.98 Å². The molecule has 0 aromatic carbocycles. The summed E-state index contributed by atoms with van der Waals surface area (Å²) in [6.45, 7) is 2.80. The SMILES string of the molecule is CC(c1nc(CCl)cs1)N1CCSCC1S(C)(=O)=O. The summed E-state index contributed by atoms with van der Waals surface area (Å²) in [5.74, 6) is 2.00. The van der Waals surface area contributed by atoms with Crippen molar-refractivity contribution in [3.63, 3.8) is 0 Å². The average Bonchev–Trinajstić information content (AvgIpc) is 2.85. The van der Waals surface area contributed by atoms with Gasteiger partial charge in [0.2, 0.25) is 0 Å². The first-order valence-electron chi connectivity index (χ1n) is 5.96. The van der Waals surface area contributed by atoms with E-state index in [4.69, 9.17) is 11.6 Å². The summed E-state index contributed by atoms with van der Waals surface area (Å²) >= 11 is 9.01. The van der Waals surface area contributed by atoms with Gasteiger partial charge in [-0.1, -0.05) is 0 Å². The Kier molecular flexibility index (Phi) is 5.16. The Morgan fingerprint density at radius 1 is 1.63 bits per heavy atom. The molecule has 2 heterocycles. The molecule has 2 rings (SSSR count). The predicted molar refractivity (Wildman–Crippen MR) is 82.7 cm³/mol. The molecule has 0 N–H and O–H groups in total. The van der Waals surface area contributed by atoms with Gasteiger partial charge in [0.25, 0.3) is 0 Å². The standard InChI is InChI=1S/C11H17ClN2O2S3/c1-8(11-13-9(5-12)6-18-11)14-3-4-17-7-10(14)19(2,15)16/h6,8,10H,3-5,7H2,1-2H3. The highest BCUT2D eigenvalue weighted by molar-refractivity contribution is 8.00. The molecule has 0 amide bonds. The van der Waals surface area contributed by atoms with Gasteiger partial charge in [0, 0.05) is 29.7 Å². The van der Waals surface area contributed by atoms with Gasteiger partial charge in [0.05, 0.1) is 17.6 Å². The van der Waals surface area contributed by atoms with Crippen LogP contribution in [0.25, 0.3) is 0 Å². The first-order valence-corrected chi connectivity index (χ1v) is 10.5. The second kappa shape index (κ2) is 6.30. The molecule has 0 spiro atoms. The third-order valence-corrected chi connectivity index (χ3v) is 7.18. The van der Waals surface area contributed by atoms with Crippen LogP contribution >= 0.6 is 34.7 Å². The molecule has 1 aromatic heterocycles. The molecule has 4 nitrogen and oxygen atoms in total. The van der Waals surface area contributed by atoms with Gasteiger partial charge in [-0.05, 0) is 6.92 Å². The van der Waals surface area contributed by atoms with Crippen LogP contribution in [0.5, 0.6) is 0 Å². The highest BCUT2D eigenvalue weighted by Crippen LogP contribution is 2.31. The van der Waals surface area contributed by atoms with Crippen LogP contribution < -0.4 is 0 Å². The Balaban J connectivity index is 2.22. The number of hydrogen-bond donors (Lipinski definition) is 0. The lowest BCUT2D eigenvalue weighted by atomic mass is 10.3. The van der Waals surface area contributed by atoms with Gasteiger partial charge in [-0.2, -0.15) is 11.8 Å². The zero-order valence-corrected chi connectivity index (χ0v) is 14.1. The highest BCUT2D eigenvalue weighted by Gasteiger charge is 2.35. The molecule has 1 fully saturated rings. The molecule has 1 aliphatic rings. The van der Waals surface area contributed by atoms with Crippen molar-refractivity contribution in [1.82, 2.24) is 9.88 Å². The number of aromatic nitrogens is 1. The van der Waals surface area contributed by atoms with Gasteiger partial charge in [0.15, 0.2) is 9.84 Å². The Bertz CT molecular complexity index is 532. The minimum Gasteiger partial charge on any atom is -0.277 e. The molecule has 1 saturated heterocycles. The van der Waals surface area contributed by atoms with Crippen LogP contribution in [0.1, 0.15) is 23.7 Å². The quantitative estimate of drug-likeness (QED) is 0.787. The molecule has 0 bridgehead atoms. The van der Waals surface area contributed by atoms with E-state index in [1.165, 1.54) is 6.26 Å². The average molecular weight is 341 g/mol. The monoisotopic (exact) mass is 340 g/mol. The van der Waals surface area contributed by atoms with Crippen molar-refractivity contribution < 1.29 is 8.42 Å². The number of thiazole rings is 1. The van der Waals surface area contributed by atoms with E-state index in [9.17, 15) is 8.42 Å². The fraction of sp³-hybridized carbons (Fsp3) is 0.727. The highest BCUT2D eigenvalue weighted by atomic mass is 35.5. The smallest absolute Gasteiger partial charge is 0.164 e. The minimum atomic E-state index is -3.07. The minimum absolute atomic E-state index is 0.0163. The van der Waals surface area contributed by atoms with E-state index in [0.29, 0.717) is 11.6 Å². The van der Waals surface area contributed by atoms with Crippen LogP contribution in [0.2, 0.25) is 0 Å². The summed E-state index contributed by atoms with van der Waals surface area (Å²) in [4.78, 5) is 6.51. The number of thioether (sulfide) groups is 1. The third-order valence-electron chi connectivity index (χ3n) is 3.18. The Morgan fingerprint density at radius 2 is 2.37 bits per heavy atom. The zero-order valence-electron chi connectivity index (χ0n) is 10.9. The fourth-order valence-corrected chi connectivity index (χ4v) is 6.20. The summed E-state index contributed by atoms with van der Waals surface area (Å²) in [6, 6.07) is 0.0163. The molecule has 0 saturated carbocycles. The van der Waals surface area contributed by atoms with Crippen molar-refractivity contribution in [2.45, 2.75) is 24.2 Å². The first kappa shape index (κ1) is 15.6. The van der Waals surface area contributed by atoms with Crippen molar-refractivity contribution in [3.8, 4) is 0 Å². The van der Waals surface area contributed by atoms with E-state index < -0.39 is 15.2 Å². The maximum atomic E-state index is 11.9. The van der Waals surface area contributed by atoms with Crippen LogP contribution in [0.15, 0.2) is 5.38 Å². The summed E-state index contributed by atoms with van der Waals surface area (Å²) in [6.07, 6.45) is 1.31. The number of sulfone groups is 1. The predicted octanol–water partition coefficient (Wildman–Crippen LogP) is 2.36. The molecular weight excluding hydrogens is 324 g/mol. The maximum absolute atomic E-state index is 11.9. The number of nitrogens with zero attached hydrogens (tertiary/aromatic N) is 2. The molecule has 8 heteroatoms. The van der Waals surface area contributed by atoms with Crippen LogP contribution in [0.4, 0.5) is 0 Å². The Hall–Kier alpha value is 0.180. The normalized spacial score (nSPS) is 23.4. The van der Waals surface area contributed by atoms with Crippen molar-refractivity contribution in [1.29, 1.82) is 0 Å². The van der Waals surface area contributed by atoms with Gasteiger partial charge in [-0.15, -0.1) is 22.9 Å². The zero-order chi connectivity index (χ0) is 14.0. The van der Waals surface area contributed by atoms with Crippen molar-refractivity contribution in [2.24, 2.45) is 0 Å². The lowest BCUT2D eigenvalue weighted by Crippen LogP contribution is -2.47. The van der Waals surface area contributed by atoms with Crippen LogP contribution in [0, 0.1) is 0 Å². The fourth-order valence-electron chi connectivity index (χ4n) is 2.12. The number of rotatable bonds is 4. The molecule has 0 aliphatic carbocycles. The Morgan fingerprint density at radius 3 is 2.95 bits per heavy atom. The van der Waals surface area contributed by atoms with Crippen LogP contribution in [0.3, 0.4) is 0 Å². The molecule has 19 heavy (non-hydrogen) atoms. The van der Waals surface area contributed by atoms with Crippen LogP contribution in [-0.4, -0.2) is 48.0 Å². The van der Waals surface area contributed by atoms with Gasteiger partial charge < -0.3 is 0 Å².